The van der Waals surface area contributed by atoms with Crippen LogP contribution in [0.15, 0.2) is 24.3 Å². The average Bonchev–Trinajstić information content (AvgIpc) is 2.28. The van der Waals surface area contributed by atoms with Crippen molar-refractivity contribution >= 4 is 9.84 Å². The number of benzene rings is 1. The van der Waals surface area contributed by atoms with Crippen LogP contribution in [0.5, 0.6) is 0 Å². The van der Waals surface area contributed by atoms with Crippen molar-refractivity contribution in [2.75, 3.05) is 11.5 Å². The van der Waals surface area contributed by atoms with Crippen LogP contribution in [0.3, 0.4) is 0 Å². The van der Waals surface area contributed by atoms with Crippen LogP contribution in [0, 0.1) is 5.82 Å². The van der Waals surface area contributed by atoms with Gasteiger partial charge in [0.15, 0.2) is 9.84 Å². The number of sulfone groups is 1. The van der Waals surface area contributed by atoms with Crippen molar-refractivity contribution in [3.8, 4) is 0 Å². The Morgan fingerprint density at radius 1 is 1.33 bits per heavy atom. The molecule has 2 atom stereocenters. The number of halogens is 1. The van der Waals surface area contributed by atoms with Crippen LogP contribution in [0.1, 0.15) is 32.4 Å². The normalized spacial score (nSPS) is 15.3. The van der Waals surface area contributed by atoms with Crippen LogP contribution in [-0.2, 0) is 9.84 Å². The largest absolute Gasteiger partial charge is 0.307 e. The first-order valence-corrected chi connectivity index (χ1v) is 7.88. The van der Waals surface area contributed by atoms with Gasteiger partial charge >= 0.3 is 0 Å². The van der Waals surface area contributed by atoms with E-state index in [2.05, 4.69) is 5.32 Å². The van der Waals surface area contributed by atoms with Crippen LogP contribution in [0.2, 0.25) is 0 Å². The summed E-state index contributed by atoms with van der Waals surface area (Å²) in [5.41, 5.74) is 0.816. The topological polar surface area (TPSA) is 46.2 Å². The Hall–Kier alpha value is -0.940. The summed E-state index contributed by atoms with van der Waals surface area (Å²) < 4.78 is 36.0. The molecule has 0 amide bonds. The van der Waals surface area contributed by atoms with Crippen LogP contribution < -0.4 is 5.32 Å². The summed E-state index contributed by atoms with van der Waals surface area (Å²) >= 11 is 0. The molecule has 0 aliphatic heterocycles. The van der Waals surface area contributed by atoms with Crippen molar-refractivity contribution in [3.63, 3.8) is 0 Å². The SMILES string of the molecule is CCS(=O)(=O)C[C@@H](C)N[C@@H](C)c1cccc(F)c1. The third-order valence-corrected chi connectivity index (χ3v) is 4.71. The minimum atomic E-state index is -2.99. The summed E-state index contributed by atoms with van der Waals surface area (Å²) in [7, 11) is -2.99. The molecule has 1 aromatic carbocycles. The molecule has 0 saturated carbocycles. The zero-order valence-corrected chi connectivity index (χ0v) is 11.8. The van der Waals surface area contributed by atoms with Crippen molar-refractivity contribution in [3.05, 3.63) is 35.6 Å². The van der Waals surface area contributed by atoms with Gasteiger partial charge in [-0.2, -0.15) is 0 Å². The molecule has 0 aliphatic rings. The predicted molar refractivity (Wildman–Crippen MR) is 71.7 cm³/mol. The predicted octanol–water partition coefficient (Wildman–Crippen LogP) is 2.30. The molecule has 0 radical (unpaired) electrons. The van der Waals surface area contributed by atoms with Crippen molar-refractivity contribution in [2.24, 2.45) is 0 Å². The quantitative estimate of drug-likeness (QED) is 0.865. The van der Waals surface area contributed by atoms with Gasteiger partial charge in [0, 0.05) is 17.8 Å². The highest BCUT2D eigenvalue weighted by atomic mass is 32.2. The maximum atomic E-state index is 13.1. The number of hydrogen-bond donors (Lipinski definition) is 1. The lowest BCUT2D eigenvalue weighted by molar-refractivity contribution is 0.497. The zero-order valence-electron chi connectivity index (χ0n) is 11.0. The summed E-state index contributed by atoms with van der Waals surface area (Å²) in [5, 5.41) is 3.17. The van der Waals surface area contributed by atoms with E-state index in [4.69, 9.17) is 0 Å². The lowest BCUT2D eigenvalue weighted by Crippen LogP contribution is -2.35. The van der Waals surface area contributed by atoms with E-state index in [0.29, 0.717) is 0 Å². The van der Waals surface area contributed by atoms with E-state index < -0.39 is 9.84 Å². The van der Waals surface area contributed by atoms with Crippen LogP contribution in [0.25, 0.3) is 0 Å². The van der Waals surface area contributed by atoms with E-state index in [1.54, 1.807) is 13.0 Å². The van der Waals surface area contributed by atoms with Gasteiger partial charge in [0.25, 0.3) is 0 Å². The molecule has 102 valence electrons. The summed E-state index contributed by atoms with van der Waals surface area (Å²) in [6, 6.07) is 6.08. The Kier molecular flexibility index (Phi) is 5.28. The van der Waals surface area contributed by atoms with Crippen molar-refractivity contribution in [1.29, 1.82) is 0 Å². The minimum absolute atomic E-state index is 0.0808. The van der Waals surface area contributed by atoms with Gasteiger partial charge in [-0.25, -0.2) is 12.8 Å². The third-order valence-electron chi connectivity index (χ3n) is 2.83. The van der Waals surface area contributed by atoms with E-state index in [0.717, 1.165) is 5.56 Å². The summed E-state index contributed by atoms with van der Waals surface area (Å²) in [6.45, 7) is 5.35. The maximum absolute atomic E-state index is 13.1. The number of rotatable bonds is 6. The molecule has 3 nitrogen and oxygen atoms in total. The molecular weight excluding hydrogens is 253 g/mol. The van der Waals surface area contributed by atoms with Gasteiger partial charge in [0.05, 0.1) is 5.75 Å². The molecule has 0 unspecified atom stereocenters. The van der Waals surface area contributed by atoms with Gasteiger partial charge < -0.3 is 5.32 Å². The number of hydrogen-bond acceptors (Lipinski definition) is 3. The van der Waals surface area contributed by atoms with E-state index in [1.165, 1.54) is 12.1 Å². The Morgan fingerprint density at radius 2 is 2.00 bits per heavy atom. The molecule has 0 saturated heterocycles. The second-order valence-corrected chi connectivity index (χ2v) is 6.94. The Morgan fingerprint density at radius 3 is 2.56 bits per heavy atom. The molecule has 18 heavy (non-hydrogen) atoms. The molecule has 1 N–H and O–H groups in total. The van der Waals surface area contributed by atoms with Gasteiger partial charge in [-0.15, -0.1) is 0 Å². The Labute approximate surface area is 108 Å². The van der Waals surface area contributed by atoms with E-state index in [-0.39, 0.29) is 29.4 Å². The fraction of sp³-hybridized carbons (Fsp3) is 0.538. The number of nitrogens with one attached hydrogen (secondary N) is 1. The first-order valence-electron chi connectivity index (χ1n) is 6.06. The lowest BCUT2D eigenvalue weighted by Gasteiger charge is -2.20. The maximum Gasteiger partial charge on any atom is 0.151 e. The van der Waals surface area contributed by atoms with Gasteiger partial charge in [0.2, 0.25) is 0 Å². The molecular formula is C13H20FNO2S. The third kappa shape index (κ3) is 4.74. The average molecular weight is 273 g/mol. The standard InChI is InChI=1S/C13H20FNO2S/c1-4-18(16,17)9-10(2)15-11(3)12-6-5-7-13(14)8-12/h5-8,10-11,15H,4,9H2,1-3H3/t10-,11+/m1/s1. The lowest BCUT2D eigenvalue weighted by atomic mass is 10.1. The molecule has 0 aliphatic carbocycles. The fourth-order valence-corrected chi connectivity index (χ4v) is 2.94. The van der Waals surface area contributed by atoms with Crippen molar-refractivity contribution < 1.29 is 12.8 Å². The Balaban J connectivity index is 2.62. The van der Waals surface area contributed by atoms with E-state index in [1.807, 2.05) is 19.9 Å². The second kappa shape index (κ2) is 6.29. The van der Waals surface area contributed by atoms with Crippen molar-refractivity contribution in [2.45, 2.75) is 32.9 Å². The second-order valence-electron chi connectivity index (χ2n) is 4.54. The molecule has 0 spiro atoms. The van der Waals surface area contributed by atoms with Gasteiger partial charge in [0.1, 0.15) is 5.82 Å². The summed E-state index contributed by atoms with van der Waals surface area (Å²) in [5.74, 6) is -0.0359. The smallest absolute Gasteiger partial charge is 0.151 e. The van der Waals surface area contributed by atoms with E-state index in [9.17, 15) is 12.8 Å². The van der Waals surface area contributed by atoms with Crippen LogP contribution in [0.4, 0.5) is 4.39 Å². The first-order chi connectivity index (χ1) is 8.34. The Bertz CT molecular complexity index is 488. The molecule has 1 rings (SSSR count). The van der Waals surface area contributed by atoms with Crippen LogP contribution >= 0.6 is 0 Å². The van der Waals surface area contributed by atoms with Gasteiger partial charge in [-0.05, 0) is 31.5 Å². The van der Waals surface area contributed by atoms with Gasteiger partial charge in [-0.1, -0.05) is 19.1 Å². The summed E-state index contributed by atoms with van der Waals surface area (Å²) in [4.78, 5) is 0. The molecule has 0 aromatic heterocycles. The summed E-state index contributed by atoms with van der Waals surface area (Å²) in [6.07, 6.45) is 0. The first kappa shape index (κ1) is 15.1. The monoisotopic (exact) mass is 273 g/mol. The highest BCUT2D eigenvalue weighted by Crippen LogP contribution is 2.14. The molecule has 1 aromatic rings. The fourth-order valence-electron chi connectivity index (χ4n) is 1.85. The molecule has 5 heteroatoms. The van der Waals surface area contributed by atoms with Gasteiger partial charge in [-0.3, -0.25) is 0 Å². The zero-order chi connectivity index (χ0) is 13.8. The molecule has 0 bridgehead atoms. The molecule has 0 fully saturated rings. The minimum Gasteiger partial charge on any atom is -0.307 e. The highest BCUT2D eigenvalue weighted by Gasteiger charge is 2.16. The van der Waals surface area contributed by atoms with Crippen molar-refractivity contribution in [1.82, 2.24) is 5.32 Å². The van der Waals surface area contributed by atoms with E-state index >= 15 is 0 Å². The molecule has 0 heterocycles. The highest BCUT2D eigenvalue weighted by molar-refractivity contribution is 7.91. The van der Waals surface area contributed by atoms with Crippen LogP contribution in [-0.4, -0.2) is 26.0 Å².